The first-order valence-corrected chi connectivity index (χ1v) is 9.63. The Balaban J connectivity index is 1.78. The van der Waals surface area contributed by atoms with Gasteiger partial charge >= 0.3 is 5.97 Å². The Morgan fingerprint density at radius 1 is 0.931 bits per heavy atom. The maximum absolute atomic E-state index is 14.6. The zero-order chi connectivity index (χ0) is 21.2. The normalized spacial score (nSPS) is 24.7. The monoisotopic (exact) mass is 412 g/mol. The summed E-state index contributed by atoms with van der Waals surface area (Å²) in [5, 5.41) is 10.7. The van der Waals surface area contributed by atoms with Gasteiger partial charge in [-0.1, -0.05) is 45.2 Å². The Bertz CT molecular complexity index is 853. The maximum atomic E-state index is 14.6. The molecule has 0 atom stereocenters. The van der Waals surface area contributed by atoms with Crippen molar-refractivity contribution < 1.29 is 32.1 Å². The van der Waals surface area contributed by atoms with Crippen LogP contribution >= 0.6 is 0 Å². The SMILES string of the molecule is CCCCCC1(C)COC(O)(c2ccc(-c3cc(F)c(F)c(F)c3)c(F)c2)OC1. The zero-order valence-electron chi connectivity index (χ0n) is 16.4. The summed E-state index contributed by atoms with van der Waals surface area (Å²) in [6, 6.07) is 4.98. The van der Waals surface area contributed by atoms with Gasteiger partial charge in [-0.15, -0.1) is 0 Å². The van der Waals surface area contributed by atoms with Crippen LogP contribution in [0, 0.1) is 28.7 Å². The molecule has 0 radical (unpaired) electrons. The molecule has 1 heterocycles. The minimum absolute atomic E-state index is 0.0254. The van der Waals surface area contributed by atoms with Crippen molar-refractivity contribution in [3.8, 4) is 11.1 Å². The first-order valence-electron chi connectivity index (χ1n) is 9.63. The van der Waals surface area contributed by atoms with Gasteiger partial charge in [0.05, 0.1) is 13.2 Å². The molecule has 0 unspecified atom stereocenters. The molecule has 158 valence electrons. The smallest absolute Gasteiger partial charge is 0.309 e. The second kappa shape index (κ2) is 8.42. The average Bonchev–Trinajstić information content (AvgIpc) is 2.68. The van der Waals surface area contributed by atoms with Crippen molar-refractivity contribution >= 4 is 0 Å². The molecule has 7 heteroatoms. The second-order valence-electron chi connectivity index (χ2n) is 7.88. The van der Waals surface area contributed by atoms with Crippen LogP contribution in [0.3, 0.4) is 0 Å². The highest BCUT2D eigenvalue weighted by Crippen LogP contribution is 2.39. The van der Waals surface area contributed by atoms with E-state index in [4.69, 9.17) is 9.47 Å². The minimum atomic E-state index is -2.11. The topological polar surface area (TPSA) is 38.7 Å². The van der Waals surface area contributed by atoms with E-state index in [0.717, 1.165) is 31.7 Å². The molecule has 0 spiro atoms. The highest BCUT2D eigenvalue weighted by molar-refractivity contribution is 5.64. The third kappa shape index (κ3) is 4.63. The van der Waals surface area contributed by atoms with Crippen LogP contribution in [0.25, 0.3) is 11.1 Å². The second-order valence-corrected chi connectivity index (χ2v) is 7.88. The Hall–Kier alpha value is -1.96. The van der Waals surface area contributed by atoms with Gasteiger partial charge in [0.25, 0.3) is 0 Å². The van der Waals surface area contributed by atoms with E-state index in [1.165, 1.54) is 12.1 Å². The van der Waals surface area contributed by atoms with E-state index in [2.05, 4.69) is 6.92 Å². The lowest BCUT2D eigenvalue weighted by molar-refractivity contribution is -0.415. The number of unbranched alkanes of at least 4 members (excludes halogenated alkanes) is 2. The molecule has 0 saturated carbocycles. The van der Waals surface area contributed by atoms with Gasteiger partial charge in [-0.05, 0) is 30.2 Å². The predicted octanol–water partition coefficient (Wildman–Crippen LogP) is 5.65. The highest BCUT2D eigenvalue weighted by Gasteiger charge is 2.42. The van der Waals surface area contributed by atoms with E-state index >= 15 is 0 Å². The van der Waals surface area contributed by atoms with Gasteiger partial charge in [-0.2, -0.15) is 0 Å². The lowest BCUT2D eigenvalue weighted by Gasteiger charge is -2.42. The zero-order valence-corrected chi connectivity index (χ0v) is 16.4. The van der Waals surface area contributed by atoms with Crippen LogP contribution in [0.5, 0.6) is 0 Å². The maximum Gasteiger partial charge on any atom is 0.309 e. The van der Waals surface area contributed by atoms with Crippen LogP contribution in [0.15, 0.2) is 30.3 Å². The standard InChI is InChI=1S/C22H24F4O3/c1-3-4-5-8-21(2)12-28-22(27,29-13-21)15-6-7-16(17(23)11-15)14-9-18(24)20(26)19(25)10-14/h6-7,9-11,27H,3-5,8,12-13H2,1-2H3. The van der Waals surface area contributed by atoms with E-state index in [-0.39, 0.29) is 35.3 Å². The minimum Gasteiger partial charge on any atom is -0.339 e. The summed E-state index contributed by atoms with van der Waals surface area (Å²) >= 11 is 0. The molecule has 1 saturated heterocycles. The van der Waals surface area contributed by atoms with E-state index in [9.17, 15) is 22.7 Å². The Labute approximate surface area is 167 Å². The highest BCUT2D eigenvalue weighted by atomic mass is 19.2. The Morgan fingerprint density at radius 2 is 1.55 bits per heavy atom. The molecule has 1 fully saturated rings. The number of aliphatic hydroxyl groups is 1. The van der Waals surface area contributed by atoms with Crippen molar-refractivity contribution in [1.29, 1.82) is 0 Å². The lowest BCUT2D eigenvalue weighted by atomic mass is 9.85. The van der Waals surface area contributed by atoms with E-state index in [1.54, 1.807) is 0 Å². The summed E-state index contributed by atoms with van der Waals surface area (Å²) in [6.07, 6.45) is 4.09. The lowest BCUT2D eigenvalue weighted by Crippen LogP contribution is -2.46. The summed E-state index contributed by atoms with van der Waals surface area (Å²) in [6.45, 7) is 4.60. The van der Waals surface area contributed by atoms with Gasteiger partial charge in [0.1, 0.15) is 5.82 Å². The van der Waals surface area contributed by atoms with Crippen molar-refractivity contribution in [2.75, 3.05) is 13.2 Å². The van der Waals surface area contributed by atoms with E-state index in [1.807, 2.05) is 6.92 Å². The Morgan fingerprint density at radius 3 is 2.10 bits per heavy atom. The third-order valence-corrected chi connectivity index (χ3v) is 5.25. The fourth-order valence-corrected chi connectivity index (χ4v) is 3.40. The van der Waals surface area contributed by atoms with Crippen LogP contribution < -0.4 is 0 Å². The Kier molecular flexibility index (Phi) is 6.31. The molecule has 2 aromatic rings. The summed E-state index contributed by atoms with van der Waals surface area (Å²) < 4.78 is 65.8. The first kappa shape index (κ1) is 21.7. The molecule has 1 aliphatic heterocycles. The van der Waals surface area contributed by atoms with Gasteiger partial charge in [0.15, 0.2) is 17.5 Å². The van der Waals surface area contributed by atoms with Gasteiger partial charge in [0.2, 0.25) is 0 Å². The van der Waals surface area contributed by atoms with Crippen LogP contribution in [0.2, 0.25) is 0 Å². The summed E-state index contributed by atoms with van der Waals surface area (Å²) in [7, 11) is 0. The number of ether oxygens (including phenoxy) is 2. The van der Waals surface area contributed by atoms with E-state index < -0.39 is 29.2 Å². The first-order chi connectivity index (χ1) is 13.7. The van der Waals surface area contributed by atoms with Crippen molar-refractivity contribution in [3.05, 3.63) is 59.2 Å². The van der Waals surface area contributed by atoms with Crippen LogP contribution in [0.1, 0.15) is 45.1 Å². The fourth-order valence-electron chi connectivity index (χ4n) is 3.40. The molecule has 29 heavy (non-hydrogen) atoms. The summed E-state index contributed by atoms with van der Waals surface area (Å²) in [4.78, 5) is 0. The molecular weight excluding hydrogens is 388 g/mol. The quantitative estimate of drug-likeness (QED) is 0.379. The molecule has 0 aromatic heterocycles. The number of hydrogen-bond donors (Lipinski definition) is 1. The number of halogens is 4. The van der Waals surface area contributed by atoms with Gasteiger partial charge in [0, 0.05) is 16.5 Å². The third-order valence-electron chi connectivity index (χ3n) is 5.25. The molecular formula is C22H24F4O3. The number of rotatable bonds is 6. The van der Waals surface area contributed by atoms with Crippen molar-refractivity contribution in [2.45, 2.75) is 45.5 Å². The van der Waals surface area contributed by atoms with Crippen molar-refractivity contribution in [2.24, 2.45) is 5.41 Å². The number of benzene rings is 2. The van der Waals surface area contributed by atoms with Crippen molar-refractivity contribution in [1.82, 2.24) is 0 Å². The van der Waals surface area contributed by atoms with Gasteiger partial charge in [-0.3, -0.25) is 0 Å². The largest absolute Gasteiger partial charge is 0.339 e. The number of hydrogen-bond acceptors (Lipinski definition) is 3. The van der Waals surface area contributed by atoms with Gasteiger partial charge in [-0.25, -0.2) is 17.6 Å². The van der Waals surface area contributed by atoms with E-state index in [0.29, 0.717) is 12.1 Å². The molecule has 3 nitrogen and oxygen atoms in total. The molecule has 3 rings (SSSR count). The van der Waals surface area contributed by atoms with Crippen LogP contribution in [-0.2, 0) is 15.4 Å². The molecule has 1 N–H and O–H groups in total. The average molecular weight is 412 g/mol. The van der Waals surface area contributed by atoms with Crippen LogP contribution in [0.4, 0.5) is 17.6 Å². The van der Waals surface area contributed by atoms with Crippen LogP contribution in [-0.4, -0.2) is 18.3 Å². The van der Waals surface area contributed by atoms with Crippen molar-refractivity contribution in [3.63, 3.8) is 0 Å². The fraction of sp³-hybridized carbons (Fsp3) is 0.455. The summed E-state index contributed by atoms with van der Waals surface area (Å²) in [5.41, 5.74) is -0.525. The van der Waals surface area contributed by atoms with Gasteiger partial charge < -0.3 is 14.6 Å². The molecule has 0 bridgehead atoms. The molecule has 1 aliphatic rings. The molecule has 0 aliphatic carbocycles. The predicted molar refractivity (Wildman–Crippen MR) is 99.8 cm³/mol. The summed E-state index contributed by atoms with van der Waals surface area (Å²) in [5.74, 6) is -7.41. The molecule has 2 aromatic carbocycles. The molecule has 0 amide bonds.